The number of anilines is 2. The number of aryl methyl sites for hydroxylation is 1. The van der Waals surface area contributed by atoms with Gasteiger partial charge in [-0.1, -0.05) is 72.3 Å². The molecular formula is C25H21ClN2O3S. The van der Waals surface area contributed by atoms with Gasteiger partial charge in [-0.3, -0.25) is 9.10 Å². The fraction of sp³-hybridized carbons (Fsp3) is 0.0800. The van der Waals surface area contributed by atoms with E-state index in [1.165, 1.54) is 12.1 Å². The highest BCUT2D eigenvalue weighted by molar-refractivity contribution is 7.92. The first-order valence-corrected chi connectivity index (χ1v) is 11.8. The van der Waals surface area contributed by atoms with Crippen molar-refractivity contribution in [1.29, 1.82) is 0 Å². The minimum absolute atomic E-state index is 0.0923. The Labute approximate surface area is 192 Å². The van der Waals surface area contributed by atoms with Crippen LogP contribution in [0.2, 0.25) is 5.02 Å². The molecule has 7 heteroatoms. The Kier molecular flexibility index (Phi) is 6.17. The van der Waals surface area contributed by atoms with Crippen LogP contribution in [0.3, 0.4) is 0 Å². The molecule has 0 heterocycles. The molecule has 4 rings (SSSR count). The lowest BCUT2D eigenvalue weighted by molar-refractivity contribution is -0.114. The summed E-state index contributed by atoms with van der Waals surface area (Å²) in [4.78, 5) is 13.1. The van der Waals surface area contributed by atoms with Crippen molar-refractivity contribution in [3.05, 3.63) is 102 Å². The van der Waals surface area contributed by atoms with Gasteiger partial charge in [-0.15, -0.1) is 0 Å². The minimum atomic E-state index is -4.00. The third-order valence-corrected chi connectivity index (χ3v) is 7.32. The van der Waals surface area contributed by atoms with E-state index in [0.717, 1.165) is 20.6 Å². The predicted octanol–water partition coefficient (Wildman–Crippen LogP) is 5.64. The molecule has 162 valence electrons. The molecule has 0 radical (unpaired) electrons. The molecule has 1 amide bonds. The summed E-state index contributed by atoms with van der Waals surface area (Å²) >= 11 is 6.26. The Balaban J connectivity index is 1.70. The molecule has 0 aromatic heterocycles. The van der Waals surface area contributed by atoms with Gasteiger partial charge in [0.1, 0.15) is 6.54 Å². The molecule has 0 saturated carbocycles. The quantitative estimate of drug-likeness (QED) is 0.401. The summed E-state index contributed by atoms with van der Waals surface area (Å²) in [7, 11) is -4.00. The molecule has 1 N–H and O–H groups in total. The second-order valence-corrected chi connectivity index (χ2v) is 9.60. The van der Waals surface area contributed by atoms with Gasteiger partial charge in [0, 0.05) is 16.1 Å². The first-order valence-electron chi connectivity index (χ1n) is 9.98. The van der Waals surface area contributed by atoms with E-state index in [-0.39, 0.29) is 4.90 Å². The highest BCUT2D eigenvalue weighted by Gasteiger charge is 2.27. The van der Waals surface area contributed by atoms with E-state index in [9.17, 15) is 13.2 Å². The van der Waals surface area contributed by atoms with Gasteiger partial charge >= 0.3 is 0 Å². The van der Waals surface area contributed by atoms with Gasteiger partial charge in [0.2, 0.25) is 5.91 Å². The standard InChI is InChI=1S/C25H21ClN2O3S/c1-18-14-15-20(16-23(18)26)28(32(30,31)21-10-3-2-4-11-21)17-25(29)27-24-13-7-9-19-8-5-6-12-22(19)24/h2-16H,17H2,1H3,(H,27,29). The van der Waals surface area contributed by atoms with E-state index >= 15 is 0 Å². The second kappa shape index (κ2) is 9.02. The number of carbonyl (C=O) groups excluding carboxylic acids is 1. The Morgan fingerprint density at radius 2 is 1.59 bits per heavy atom. The number of hydrogen-bond acceptors (Lipinski definition) is 3. The predicted molar refractivity (Wildman–Crippen MR) is 130 cm³/mol. The maximum atomic E-state index is 13.4. The van der Waals surface area contributed by atoms with Crippen molar-refractivity contribution in [1.82, 2.24) is 0 Å². The van der Waals surface area contributed by atoms with Crippen molar-refractivity contribution in [2.75, 3.05) is 16.2 Å². The number of nitrogens with zero attached hydrogens (tertiary/aromatic N) is 1. The van der Waals surface area contributed by atoms with Crippen molar-refractivity contribution < 1.29 is 13.2 Å². The molecular weight excluding hydrogens is 444 g/mol. The van der Waals surface area contributed by atoms with Crippen LogP contribution in [0.4, 0.5) is 11.4 Å². The fourth-order valence-electron chi connectivity index (χ4n) is 3.43. The largest absolute Gasteiger partial charge is 0.324 e. The lowest BCUT2D eigenvalue weighted by Gasteiger charge is -2.24. The summed E-state index contributed by atoms with van der Waals surface area (Å²) in [5.41, 5.74) is 1.75. The number of nitrogens with one attached hydrogen (secondary N) is 1. The molecule has 0 unspecified atom stereocenters. The summed E-state index contributed by atoms with van der Waals surface area (Å²) in [5, 5.41) is 5.13. The number of rotatable bonds is 6. The molecule has 0 aliphatic carbocycles. The average Bonchev–Trinajstić information content (AvgIpc) is 2.80. The first kappa shape index (κ1) is 21.9. The smallest absolute Gasteiger partial charge is 0.264 e. The third kappa shape index (κ3) is 4.47. The van der Waals surface area contributed by atoms with Crippen LogP contribution >= 0.6 is 11.6 Å². The van der Waals surface area contributed by atoms with E-state index < -0.39 is 22.5 Å². The molecule has 0 aliphatic heterocycles. The number of hydrogen-bond donors (Lipinski definition) is 1. The van der Waals surface area contributed by atoms with Crippen LogP contribution in [0.15, 0.2) is 95.9 Å². The Morgan fingerprint density at radius 1 is 0.906 bits per heavy atom. The Bertz CT molecular complexity index is 1380. The van der Waals surface area contributed by atoms with Crippen molar-refractivity contribution in [2.45, 2.75) is 11.8 Å². The number of fused-ring (bicyclic) bond motifs is 1. The van der Waals surface area contributed by atoms with Crippen molar-refractivity contribution in [3.63, 3.8) is 0 Å². The highest BCUT2D eigenvalue weighted by atomic mass is 35.5. The van der Waals surface area contributed by atoms with Crippen LogP contribution in [-0.4, -0.2) is 20.9 Å². The van der Waals surface area contributed by atoms with Gasteiger partial charge in [-0.05, 0) is 48.2 Å². The van der Waals surface area contributed by atoms with Gasteiger partial charge in [0.15, 0.2) is 0 Å². The number of sulfonamides is 1. The number of carbonyl (C=O) groups is 1. The molecule has 4 aromatic rings. The van der Waals surface area contributed by atoms with E-state index in [4.69, 9.17) is 11.6 Å². The number of halogens is 1. The molecule has 0 fully saturated rings. The molecule has 0 saturated heterocycles. The number of benzene rings is 4. The lowest BCUT2D eigenvalue weighted by Crippen LogP contribution is -2.38. The zero-order chi connectivity index (χ0) is 22.7. The molecule has 0 spiro atoms. The molecule has 0 aliphatic rings. The van der Waals surface area contributed by atoms with E-state index in [2.05, 4.69) is 5.32 Å². The average molecular weight is 465 g/mol. The Morgan fingerprint density at radius 3 is 2.34 bits per heavy atom. The molecule has 5 nitrogen and oxygen atoms in total. The van der Waals surface area contributed by atoms with Crippen LogP contribution in [-0.2, 0) is 14.8 Å². The van der Waals surface area contributed by atoms with Crippen molar-refractivity contribution >= 4 is 49.7 Å². The Hall–Kier alpha value is -3.35. The zero-order valence-electron chi connectivity index (χ0n) is 17.3. The minimum Gasteiger partial charge on any atom is -0.324 e. The highest BCUT2D eigenvalue weighted by Crippen LogP contribution is 2.28. The lowest BCUT2D eigenvalue weighted by atomic mass is 10.1. The summed E-state index contributed by atoms with van der Waals surface area (Å²) in [5.74, 6) is -0.461. The van der Waals surface area contributed by atoms with Crippen molar-refractivity contribution in [3.8, 4) is 0 Å². The third-order valence-electron chi connectivity index (χ3n) is 5.13. The van der Waals surface area contributed by atoms with E-state index in [0.29, 0.717) is 16.4 Å². The maximum Gasteiger partial charge on any atom is 0.264 e. The van der Waals surface area contributed by atoms with Crippen LogP contribution in [0.1, 0.15) is 5.56 Å². The van der Waals surface area contributed by atoms with E-state index in [1.54, 1.807) is 42.5 Å². The summed E-state index contributed by atoms with van der Waals surface area (Å²) in [6, 6.07) is 26.2. The van der Waals surface area contributed by atoms with Crippen LogP contribution in [0.5, 0.6) is 0 Å². The summed E-state index contributed by atoms with van der Waals surface area (Å²) in [6.45, 7) is 1.43. The monoisotopic (exact) mass is 464 g/mol. The SMILES string of the molecule is Cc1ccc(N(CC(=O)Nc2cccc3ccccc23)S(=O)(=O)c2ccccc2)cc1Cl. The fourth-order valence-corrected chi connectivity index (χ4v) is 5.03. The summed E-state index contributed by atoms with van der Waals surface area (Å²) < 4.78 is 27.9. The van der Waals surface area contributed by atoms with Crippen LogP contribution in [0, 0.1) is 6.92 Å². The van der Waals surface area contributed by atoms with Gasteiger partial charge in [-0.25, -0.2) is 8.42 Å². The first-order chi connectivity index (χ1) is 15.4. The van der Waals surface area contributed by atoms with Gasteiger partial charge < -0.3 is 5.32 Å². The van der Waals surface area contributed by atoms with E-state index in [1.807, 2.05) is 43.3 Å². The van der Waals surface area contributed by atoms with Gasteiger partial charge in [-0.2, -0.15) is 0 Å². The molecule has 0 bridgehead atoms. The second-order valence-electron chi connectivity index (χ2n) is 7.33. The maximum absolute atomic E-state index is 13.4. The van der Waals surface area contributed by atoms with Gasteiger partial charge in [0.25, 0.3) is 10.0 Å². The molecule has 32 heavy (non-hydrogen) atoms. The van der Waals surface area contributed by atoms with Crippen LogP contribution in [0.25, 0.3) is 10.8 Å². The molecule has 0 atom stereocenters. The molecule has 4 aromatic carbocycles. The normalized spacial score (nSPS) is 11.3. The zero-order valence-corrected chi connectivity index (χ0v) is 18.9. The number of amides is 1. The summed E-state index contributed by atoms with van der Waals surface area (Å²) in [6.07, 6.45) is 0. The van der Waals surface area contributed by atoms with Gasteiger partial charge in [0.05, 0.1) is 10.6 Å². The van der Waals surface area contributed by atoms with Crippen LogP contribution < -0.4 is 9.62 Å². The van der Waals surface area contributed by atoms with Crippen molar-refractivity contribution in [2.24, 2.45) is 0 Å². The topological polar surface area (TPSA) is 66.5 Å².